The second-order valence-corrected chi connectivity index (χ2v) is 7.78. The highest BCUT2D eigenvalue weighted by Crippen LogP contribution is 2.19. The van der Waals surface area contributed by atoms with E-state index in [0.29, 0.717) is 12.6 Å². The first-order chi connectivity index (χ1) is 12.5. The summed E-state index contributed by atoms with van der Waals surface area (Å²) in [5.41, 5.74) is 1.06. The van der Waals surface area contributed by atoms with Crippen LogP contribution in [0.25, 0.3) is 0 Å². The molecule has 0 radical (unpaired) electrons. The molecule has 0 aromatic heterocycles. The molecule has 0 aliphatic carbocycles. The Bertz CT molecular complexity index is 577. The Kier molecular flexibility index (Phi) is 11.6. The van der Waals surface area contributed by atoms with Crippen LogP contribution in [0.1, 0.15) is 38.4 Å². The van der Waals surface area contributed by atoms with Gasteiger partial charge in [-0.25, -0.2) is 0 Å². The van der Waals surface area contributed by atoms with E-state index >= 15 is 0 Å². The highest BCUT2D eigenvalue weighted by molar-refractivity contribution is 14.0. The summed E-state index contributed by atoms with van der Waals surface area (Å²) in [6, 6.07) is 8.26. The van der Waals surface area contributed by atoms with Crippen molar-refractivity contribution >= 4 is 41.5 Å². The number of hydrogen-bond acceptors (Lipinski definition) is 3. The van der Waals surface area contributed by atoms with E-state index in [1.165, 1.54) is 6.54 Å². The minimum Gasteiger partial charge on any atom is -0.375 e. The van der Waals surface area contributed by atoms with Gasteiger partial charge in [0.25, 0.3) is 0 Å². The largest absolute Gasteiger partial charge is 0.375 e. The lowest BCUT2D eigenvalue weighted by molar-refractivity contribution is 0.106. The Morgan fingerprint density at radius 2 is 2.04 bits per heavy atom. The van der Waals surface area contributed by atoms with Crippen molar-refractivity contribution in [2.24, 2.45) is 10.9 Å². The number of hydrogen-bond donors (Lipinski definition) is 2. The highest BCUT2D eigenvalue weighted by atomic mass is 127. The maximum atomic E-state index is 6.09. The zero-order chi connectivity index (χ0) is 18.9. The second-order valence-electron chi connectivity index (χ2n) is 7.35. The van der Waals surface area contributed by atoms with Gasteiger partial charge in [-0.2, -0.15) is 0 Å². The minimum absolute atomic E-state index is 0. The standard InChI is InChI=1S/C20H33ClN4O.HI/c1-15(2)14-25-10-8-18(9-11-25)24-20(22-3)23-13-19(26-4)16-6-5-7-17(21)12-16;/h5-7,12,15,18-19H,8-11,13-14H2,1-4H3,(H2,22,23,24);1H. The number of aliphatic imine (C=N–C) groups is 1. The van der Waals surface area contributed by atoms with Crippen LogP contribution in [0.5, 0.6) is 0 Å². The molecule has 5 nitrogen and oxygen atoms in total. The molecule has 1 saturated heterocycles. The molecular formula is C20H34ClIN4O. The van der Waals surface area contributed by atoms with Gasteiger partial charge in [0, 0.05) is 51.4 Å². The van der Waals surface area contributed by atoms with Gasteiger partial charge >= 0.3 is 0 Å². The first-order valence-electron chi connectivity index (χ1n) is 9.49. The van der Waals surface area contributed by atoms with Crippen LogP contribution >= 0.6 is 35.6 Å². The average Bonchev–Trinajstić information content (AvgIpc) is 2.62. The summed E-state index contributed by atoms with van der Waals surface area (Å²) in [6.07, 6.45) is 2.23. The van der Waals surface area contributed by atoms with Gasteiger partial charge in [0.2, 0.25) is 0 Å². The molecule has 0 saturated carbocycles. The van der Waals surface area contributed by atoms with Crippen LogP contribution in [-0.2, 0) is 4.74 Å². The molecule has 0 spiro atoms. The smallest absolute Gasteiger partial charge is 0.191 e. The van der Waals surface area contributed by atoms with Crippen molar-refractivity contribution in [3.63, 3.8) is 0 Å². The number of nitrogens with one attached hydrogen (secondary N) is 2. The number of benzene rings is 1. The number of methoxy groups -OCH3 is 1. The van der Waals surface area contributed by atoms with Gasteiger partial charge in [-0.1, -0.05) is 37.6 Å². The predicted octanol–water partition coefficient (Wildman–Crippen LogP) is 3.93. The summed E-state index contributed by atoms with van der Waals surface area (Å²) in [6.45, 7) is 8.69. The van der Waals surface area contributed by atoms with Gasteiger partial charge in [0.15, 0.2) is 5.96 Å². The van der Waals surface area contributed by atoms with E-state index in [9.17, 15) is 0 Å². The van der Waals surface area contributed by atoms with E-state index in [-0.39, 0.29) is 30.1 Å². The van der Waals surface area contributed by atoms with Crippen LogP contribution in [-0.4, -0.2) is 57.2 Å². The van der Waals surface area contributed by atoms with Crippen LogP contribution in [0, 0.1) is 5.92 Å². The van der Waals surface area contributed by atoms with E-state index in [1.54, 1.807) is 7.11 Å². The van der Waals surface area contributed by atoms with Crippen molar-refractivity contribution in [3.8, 4) is 0 Å². The topological polar surface area (TPSA) is 48.9 Å². The fourth-order valence-electron chi connectivity index (χ4n) is 3.40. The van der Waals surface area contributed by atoms with Crippen LogP contribution < -0.4 is 10.6 Å². The fourth-order valence-corrected chi connectivity index (χ4v) is 3.60. The van der Waals surface area contributed by atoms with Gasteiger partial charge in [-0.05, 0) is 36.5 Å². The summed E-state index contributed by atoms with van der Waals surface area (Å²) in [5.74, 6) is 1.56. The molecule has 1 unspecified atom stereocenters. The molecule has 1 atom stereocenters. The number of ether oxygens (including phenoxy) is 1. The first kappa shape index (κ1) is 24.5. The van der Waals surface area contributed by atoms with Crippen molar-refractivity contribution in [1.82, 2.24) is 15.5 Å². The van der Waals surface area contributed by atoms with Gasteiger partial charge in [-0.3, -0.25) is 4.99 Å². The molecule has 1 aliphatic rings. The lowest BCUT2D eigenvalue weighted by atomic mass is 10.0. The number of piperidine rings is 1. The molecule has 7 heteroatoms. The molecule has 154 valence electrons. The summed E-state index contributed by atoms with van der Waals surface area (Å²) in [7, 11) is 3.53. The summed E-state index contributed by atoms with van der Waals surface area (Å²) in [4.78, 5) is 6.92. The number of guanidine groups is 1. The Morgan fingerprint density at radius 1 is 1.33 bits per heavy atom. The number of rotatable bonds is 7. The number of nitrogens with zero attached hydrogens (tertiary/aromatic N) is 2. The third kappa shape index (κ3) is 8.54. The molecule has 1 aliphatic heterocycles. The molecule has 0 bridgehead atoms. The highest BCUT2D eigenvalue weighted by Gasteiger charge is 2.20. The molecule has 1 aromatic rings. The van der Waals surface area contributed by atoms with Crippen molar-refractivity contribution in [1.29, 1.82) is 0 Å². The molecular weight excluding hydrogens is 475 g/mol. The van der Waals surface area contributed by atoms with E-state index in [2.05, 4.69) is 34.4 Å². The third-order valence-electron chi connectivity index (χ3n) is 4.74. The van der Waals surface area contributed by atoms with Gasteiger partial charge in [-0.15, -0.1) is 24.0 Å². The monoisotopic (exact) mass is 508 g/mol. The van der Waals surface area contributed by atoms with Crippen LogP contribution in [0.3, 0.4) is 0 Å². The van der Waals surface area contributed by atoms with E-state index in [0.717, 1.165) is 48.4 Å². The third-order valence-corrected chi connectivity index (χ3v) is 4.97. The van der Waals surface area contributed by atoms with E-state index in [4.69, 9.17) is 16.3 Å². The zero-order valence-corrected chi connectivity index (χ0v) is 20.0. The fraction of sp³-hybridized carbons (Fsp3) is 0.650. The summed E-state index contributed by atoms with van der Waals surface area (Å²) in [5, 5.41) is 7.66. The van der Waals surface area contributed by atoms with E-state index < -0.39 is 0 Å². The van der Waals surface area contributed by atoms with Crippen molar-refractivity contribution in [2.75, 3.05) is 40.3 Å². The van der Waals surface area contributed by atoms with Crippen LogP contribution in [0.2, 0.25) is 5.02 Å². The van der Waals surface area contributed by atoms with E-state index in [1.807, 2.05) is 31.3 Å². The van der Waals surface area contributed by atoms with Crippen LogP contribution in [0.15, 0.2) is 29.3 Å². The van der Waals surface area contributed by atoms with Gasteiger partial charge in [0.1, 0.15) is 0 Å². The predicted molar refractivity (Wildman–Crippen MR) is 125 cm³/mol. The zero-order valence-electron chi connectivity index (χ0n) is 16.9. The summed E-state index contributed by atoms with van der Waals surface area (Å²) < 4.78 is 5.62. The van der Waals surface area contributed by atoms with Crippen molar-refractivity contribution < 1.29 is 4.74 Å². The molecule has 1 aromatic carbocycles. The van der Waals surface area contributed by atoms with Crippen molar-refractivity contribution in [3.05, 3.63) is 34.9 Å². The SMILES string of the molecule is CN=C(NCC(OC)c1cccc(Cl)c1)NC1CCN(CC(C)C)CC1.I. The quantitative estimate of drug-likeness (QED) is 0.333. The molecule has 0 amide bonds. The molecule has 2 rings (SSSR count). The van der Waals surface area contributed by atoms with Gasteiger partial charge < -0.3 is 20.3 Å². The Labute approximate surface area is 186 Å². The minimum atomic E-state index is -0.0693. The van der Waals surface area contributed by atoms with Crippen molar-refractivity contribution in [2.45, 2.75) is 38.8 Å². The molecule has 2 N–H and O–H groups in total. The normalized spacial score (nSPS) is 17.5. The van der Waals surface area contributed by atoms with Gasteiger partial charge in [0.05, 0.1) is 6.10 Å². The number of halogens is 2. The van der Waals surface area contributed by atoms with Crippen LogP contribution in [0.4, 0.5) is 0 Å². The average molecular weight is 509 g/mol. The maximum absolute atomic E-state index is 6.09. The first-order valence-corrected chi connectivity index (χ1v) is 9.87. The summed E-state index contributed by atoms with van der Waals surface area (Å²) >= 11 is 6.09. The Hall–Kier alpha value is -0.570. The Morgan fingerprint density at radius 3 is 2.59 bits per heavy atom. The lowest BCUT2D eigenvalue weighted by Gasteiger charge is -2.34. The maximum Gasteiger partial charge on any atom is 0.191 e. The second kappa shape index (κ2) is 12.8. The molecule has 1 fully saturated rings. The molecule has 27 heavy (non-hydrogen) atoms. The number of likely N-dealkylation sites (tertiary alicyclic amines) is 1. The lowest BCUT2D eigenvalue weighted by Crippen LogP contribution is -2.49. The molecule has 1 heterocycles. The Balaban J connectivity index is 0.00000364.